The van der Waals surface area contributed by atoms with Gasteiger partial charge in [-0.2, -0.15) is 0 Å². The number of rotatable bonds is 5. The number of carbonyl (C=O) groups excluding carboxylic acids is 1. The fourth-order valence-corrected chi connectivity index (χ4v) is 2.04. The summed E-state index contributed by atoms with van der Waals surface area (Å²) in [4.78, 5) is 11.6. The molecule has 0 fully saturated rings. The molecule has 1 aliphatic heterocycles. The predicted octanol–water partition coefficient (Wildman–Crippen LogP) is 1.78. The lowest BCUT2D eigenvalue weighted by Crippen LogP contribution is -2.14. The number of esters is 1. The molecule has 1 N–H and O–H groups in total. The van der Waals surface area contributed by atoms with E-state index in [2.05, 4.69) is 11.4 Å². The van der Waals surface area contributed by atoms with E-state index in [4.69, 9.17) is 9.47 Å². The van der Waals surface area contributed by atoms with Gasteiger partial charge in [-0.3, -0.25) is 4.79 Å². The van der Waals surface area contributed by atoms with Crippen molar-refractivity contribution in [3.8, 4) is 0 Å². The Hall–Kier alpha value is -1.55. The van der Waals surface area contributed by atoms with Crippen LogP contribution in [0.3, 0.4) is 0 Å². The predicted molar refractivity (Wildman–Crippen MR) is 65.1 cm³/mol. The van der Waals surface area contributed by atoms with Crippen molar-refractivity contribution < 1.29 is 14.3 Å². The molecule has 1 unspecified atom stereocenters. The van der Waals surface area contributed by atoms with Crippen molar-refractivity contribution in [2.24, 2.45) is 0 Å². The van der Waals surface area contributed by atoms with E-state index in [1.807, 2.05) is 18.2 Å². The third-order valence-electron chi connectivity index (χ3n) is 2.90. The molecular formula is C13H17NO3. The minimum absolute atomic E-state index is 0.162. The minimum atomic E-state index is -0.162. The van der Waals surface area contributed by atoms with Crippen molar-refractivity contribution in [2.75, 3.05) is 32.2 Å². The maximum Gasteiger partial charge on any atom is 0.306 e. The van der Waals surface area contributed by atoms with Crippen molar-refractivity contribution in [2.45, 2.75) is 12.3 Å². The van der Waals surface area contributed by atoms with Gasteiger partial charge in [0.2, 0.25) is 0 Å². The first-order valence-corrected chi connectivity index (χ1v) is 5.78. The van der Waals surface area contributed by atoms with E-state index in [9.17, 15) is 4.79 Å². The van der Waals surface area contributed by atoms with Gasteiger partial charge in [0, 0.05) is 25.3 Å². The number of nitrogens with one attached hydrogen (secondary N) is 1. The maximum absolute atomic E-state index is 11.6. The van der Waals surface area contributed by atoms with Crippen molar-refractivity contribution in [3.05, 3.63) is 29.8 Å². The van der Waals surface area contributed by atoms with Crippen LogP contribution >= 0.6 is 0 Å². The van der Waals surface area contributed by atoms with E-state index in [-0.39, 0.29) is 11.9 Å². The van der Waals surface area contributed by atoms with E-state index in [1.54, 1.807) is 7.11 Å². The largest absolute Gasteiger partial charge is 0.463 e. The molecule has 0 amide bonds. The lowest BCUT2D eigenvalue weighted by Gasteiger charge is -2.09. The van der Waals surface area contributed by atoms with Crippen molar-refractivity contribution >= 4 is 11.7 Å². The molecule has 4 heteroatoms. The number of para-hydroxylation sites is 1. The molecule has 92 valence electrons. The van der Waals surface area contributed by atoms with Gasteiger partial charge in [0.15, 0.2) is 0 Å². The van der Waals surface area contributed by atoms with Gasteiger partial charge in [-0.15, -0.1) is 0 Å². The van der Waals surface area contributed by atoms with Crippen LogP contribution in [0.15, 0.2) is 24.3 Å². The van der Waals surface area contributed by atoms with Crippen LogP contribution in [0.2, 0.25) is 0 Å². The zero-order chi connectivity index (χ0) is 12.1. The maximum atomic E-state index is 11.6. The summed E-state index contributed by atoms with van der Waals surface area (Å²) in [5.41, 5.74) is 2.33. The number of fused-ring (bicyclic) bond motifs is 1. The molecule has 1 atom stereocenters. The molecule has 1 heterocycles. The smallest absolute Gasteiger partial charge is 0.306 e. The molecular weight excluding hydrogens is 218 g/mol. The highest BCUT2D eigenvalue weighted by molar-refractivity contribution is 5.72. The fraction of sp³-hybridized carbons (Fsp3) is 0.462. The lowest BCUT2D eigenvalue weighted by atomic mass is 9.98. The quantitative estimate of drug-likeness (QED) is 0.624. The summed E-state index contributed by atoms with van der Waals surface area (Å²) in [5, 5.41) is 3.29. The summed E-state index contributed by atoms with van der Waals surface area (Å²) >= 11 is 0. The zero-order valence-corrected chi connectivity index (χ0v) is 9.94. The van der Waals surface area contributed by atoms with Crippen LogP contribution < -0.4 is 5.32 Å². The highest BCUT2D eigenvalue weighted by Gasteiger charge is 2.24. The molecule has 4 nitrogen and oxygen atoms in total. The second-order valence-corrected chi connectivity index (χ2v) is 4.08. The van der Waals surface area contributed by atoms with Crippen LogP contribution in [-0.2, 0) is 14.3 Å². The van der Waals surface area contributed by atoms with E-state index in [1.165, 1.54) is 5.56 Å². The lowest BCUT2D eigenvalue weighted by molar-refractivity contribution is -0.145. The summed E-state index contributed by atoms with van der Waals surface area (Å²) < 4.78 is 9.90. The molecule has 1 aromatic carbocycles. The molecule has 1 aromatic rings. The van der Waals surface area contributed by atoms with Gasteiger partial charge in [-0.05, 0) is 11.6 Å². The van der Waals surface area contributed by atoms with Crippen molar-refractivity contribution in [1.29, 1.82) is 0 Å². The summed E-state index contributed by atoms with van der Waals surface area (Å²) in [7, 11) is 1.59. The van der Waals surface area contributed by atoms with Gasteiger partial charge >= 0.3 is 5.97 Å². The fourth-order valence-electron chi connectivity index (χ4n) is 2.04. The number of hydrogen-bond donors (Lipinski definition) is 1. The first-order valence-electron chi connectivity index (χ1n) is 5.78. The Kier molecular flexibility index (Phi) is 3.98. The number of methoxy groups -OCH3 is 1. The second kappa shape index (κ2) is 5.68. The molecule has 0 aromatic heterocycles. The molecule has 2 rings (SSSR count). The third kappa shape index (κ3) is 2.97. The number of benzene rings is 1. The average Bonchev–Trinajstić information content (AvgIpc) is 2.73. The van der Waals surface area contributed by atoms with Gasteiger partial charge in [0.05, 0.1) is 13.0 Å². The Morgan fingerprint density at radius 3 is 3.06 bits per heavy atom. The molecule has 0 saturated carbocycles. The number of carbonyl (C=O) groups is 1. The molecule has 0 aliphatic carbocycles. The molecule has 0 bridgehead atoms. The van der Waals surface area contributed by atoms with Crippen LogP contribution in [0.1, 0.15) is 17.9 Å². The summed E-state index contributed by atoms with van der Waals surface area (Å²) in [6.45, 7) is 1.58. The first-order chi connectivity index (χ1) is 8.31. The van der Waals surface area contributed by atoms with Crippen molar-refractivity contribution in [3.63, 3.8) is 0 Å². The van der Waals surface area contributed by atoms with Gasteiger partial charge in [-0.25, -0.2) is 0 Å². The first kappa shape index (κ1) is 11.9. The third-order valence-corrected chi connectivity index (χ3v) is 2.90. The normalized spacial score (nSPS) is 17.4. The zero-order valence-electron chi connectivity index (χ0n) is 9.94. The Morgan fingerprint density at radius 2 is 2.24 bits per heavy atom. The highest BCUT2D eigenvalue weighted by atomic mass is 16.6. The number of ether oxygens (including phenoxy) is 2. The summed E-state index contributed by atoms with van der Waals surface area (Å²) in [6.07, 6.45) is 0.424. The Bertz CT molecular complexity index is 392. The van der Waals surface area contributed by atoms with E-state index >= 15 is 0 Å². The highest BCUT2D eigenvalue weighted by Crippen LogP contribution is 2.33. The number of anilines is 1. The second-order valence-electron chi connectivity index (χ2n) is 4.08. The summed E-state index contributed by atoms with van der Waals surface area (Å²) in [5.74, 6) is 0.0618. The summed E-state index contributed by atoms with van der Waals surface area (Å²) in [6, 6.07) is 8.08. The monoisotopic (exact) mass is 235 g/mol. The Morgan fingerprint density at radius 1 is 1.41 bits per heavy atom. The van der Waals surface area contributed by atoms with Crippen LogP contribution in [0, 0.1) is 0 Å². The SMILES string of the molecule is COCCOC(=O)CC1CNc2ccccc21. The van der Waals surface area contributed by atoms with Gasteiger partial charge in [0.1, 0.15) is 6.61 Å². The van der Waals surface area contributed by atoms with Crippen LogP contribution in [0.5, 0.6) is 0 Å². The Labute approximate surface area is 101 Å². The Balaban J connectivity index is 1.87. The van der Waals surface area contributed by atoms with Crippen LogP contribution in [0.4, 0.5) is 5.69 Å². The standard InChI is InChI=1S/C13H17NO3/c1-16-6-7-17-13(15)8-10-9-14-12-5-3-2-4-11(10)12/h2-5,10,14H,6-9H2,1H3. The molecule has 0 spiro atoms. The van der Waals surface area contributed by atoms with Crippen LogP contribution in [0.25, 0.3) is 0 Å². The molecule has 0 saturated heterocycles. The minimum Gasteiger partial charge on any atom is -0.463 e. The van der Waals surface area contributed by atoms with E-state index in [0.717, 1.165) is 12.2 Å². The van der Waals surface area contributed by atoms with E-state index < -0.39 is 0 Å². The molecule has 0 radical (unpaired) electrons. The van der Waals surface area contributed by atoms with Gasteiger partial charge < -0.3 is 14.8 Å². The van der Waals surface area contributed by atoms with E-state index in [0.29, 0.717) is 19.6 Å². The topological polar surface area (TPSA) is 47.6 Å². The van der Waals surface area contributed by atoms with Gasteiger partial charge in [-0.1, -0.05) is 18.2 Å². The molecule has 17 heavy (non-hydrogen) atoms. The molecule has 1 aliphatic rings. The van der Waals surface area contributed by atoms with Crippen molar-refractivity contribution in [1.82, 2.24) is 0 Å². The number of hydrogen-bond acceptors (Lipinski definition) is 4. The van der Waals surface area contributed by atoms with Gasteiger partial charge in [0.25, 0.3) is 0 Å². The van der Waals surface area contributed by atoms with Crippen LogP contribution in [-0.4, -0.2) is 32.8 Å². The average molecular weight is 235 g/mol.